The second-order valence-corrected chi connectivity index (χ2v) is 4.89. The maximum absolute atomic E-state index is 5.78. The molecule has 1 fully saturated rings. The van der Waals surface area contributed by atoms with E-state index in [0.717, 1.165) is 45.8 Å². The van der Waals surface area contributed by atoms with Crippen molar-refractivity contribution in [1.29, 1.82) is 0 Å². The van der Waals surface area contributed by atoms with Crippen LogP contribution in [-0.2, 0) is 4.74 Å². The van der Waals surface area contributed by atoms with Crippen molar-refractivity contribution in [2.45, 2.75) is 25.9 Å². The van der Waals surface area contributed by atoms with Gasteiger partial charge in [-0.05, 0) is 6.42 Å². The second-order valence-electron chi connectivity index (χ2n) is 4.89. The fourth-order valence-corrected chi connectivity index (χ4v) is 2.20. The van der Waals surface area contributed by atoms with Crippen molar-refractivity contribution in [3.63, 3.8) is 0 Å². The van der Waals surface area contributed by atoms with Gasteiger partial charge in [-0.25, -0.2) is 9.98 Å². The third-order valence-electron chi connectivity index (χ3n) is 3.36. The van der Waals surface area contributed by atoms with Crippen LogP contribution in [0.15, 0.2) is 15.1 Å². The SMILES string of the molecule is CC/C=N\N(CCN1CCOCC1)C1CC(N)=NC=N1. The summed E-state index contributed by atoms with van der Waals surface area (Å²) in [5, 5.41) is 6.52. The molecule has 2 aliphatic rings. The van der Waals surface area contributed by atoms with Gasteiger partial charge in [0.2, 0.25) is 0 Å². The van der Waals surface area contributed by atoms with E-state index < -0.39 is 0 Å². The van der Waals surface area contributed by atoms with E-state index in [1.807, 2.05) is 11.2 Å². The van der Waals surface area contributed by atoms with Gasteiger partial charge in [0, 0.05) is 32.3 Å². The molecule has 0 saturated carbocycles. The van der Waals surface area contributed by atoms with E-state index in [9.17, 15) is 0 Å². The quantitative estimate of drug-likeness (QED) is 0.554. The molecular formula is C13H24N6O. The molecule has 0 aromatic carbocycles. The molecule has 2 rings (SSSR count). The number of rotatable bonds is 6. The molecule has 2 heterocycles. The van der Waals surface area contributed by atoms with Crippen molar-refractivity contribution < 1.29 is 4.74 Å². The number of nitrogens with zero attached hydrogens (tertiary/aromatic N) is 5. The van der Waals surface area contributed by atoms with Crippen LogP contribution < -0.4 is 5.73 Å². The summed E-state index contributed by atoms with van der Waals surface area (Å²) in [5.41, 5.74) is 5.78. The molecular weight excluding hydrogens is 256 g/mol. The topological polar surface area (TPSA) is 78.8 Å². The molecule has 0 aliphatic carbocycles. The number of morpholine rings is 1. The Balaban J connectivity index is 1.88. The molecule has 7 heteroatoms. The third-order valence-corrected chi connectivity index (χ3v) is 3.36. The van der Waals surface area contributed by atoms with Crippen molar-refractivity contribution in [3.05, 3.63) is 0 Å². The molecule has 0 radical (unpaired) electrons. The van der Waals surface area contributed by atoms with Gasteiger partial charge in [-0.3, -0.25) is 9.91 Å². The molecule has 0 aromatic heterocycles. The van der Waals surface area contributed by atoms with Crippen LogP contribution in [0.2, 0.25) is 0 Å². The molecule has 0 aromatic rings. The smallest absolute Gasteiger partial charge is 0.145 e. The van der Waals surface area contributed by atoms with E-state index in [1.54, 1.807) is 0 Å². The number of nitrogens with two attached hydrogens (primary N) is 1. The lowest BCUT2D eigenvalue weighted by Crippen LogP contribution is -2.43. The van der Waals surface area contributed by atoms with Crippen LogP contribution in [0.4, 0.5) is 0 Å². The number of hydrogen-bond donors (Lipinski definition) is 1. The molecule has 2 aliphatic heterocycles. The summed E-state index contributed by atoms with van der Waals surface area (Å²) in [6.07, 6.45) is 4.97. The summed E-state index contributed by atoms with van der Waals surface area (Å²) in [6, 6.07) is 0. The maximum Gasteiger partial charge on any atom is 0.145 e. The van der Waals surface area contributed by atoms with Crippen molar-refractivity contribution in [2.75, 3.05) is 39.4 Å². The van der Waals surface area contributed by atoms with Gasteiger partial charge in [0.05, 0.1) is 19.8 Å². The number of amidine groups is 1. The molecule has 0 bridgehead atoms. The van der Waals surface area contributed by atoms with Crippen LogP contribution in [-0.4, -0.2) is 73.9 Å². The normalized spacial score (nSPS) is 24.1. The maximum atomic E-state index is 5.78. The lowest BCUT2D eigenvalue weighted by Gasteiger charge is -2.31. The highest BCUT2D eigenvalue weighted by Crippen LogP contribution is 2.10. The highest BCUT2D eigenvalue weighted by atomic mass is 16.5. The molecule has 1 unspecified atom stereocenters. The van der Waals surface area contributed by atoms with Crippen molar-refractivity contribution in [1.82, 2.24) is 9.91 Å². The largest absolute Gasteiger partial charge is 0.387 e. The zero-order chi connectivity index (χ0) is 14.2. The third kappa shape index (κ3) is 4.57. The van der Waals surface area contributed by atoms with E-state index in [-0.39, 0.29) is 6.17 Å². The first-order valence-corrected chi connectivity index (χ1v) is 7.22. The van der Waals surface area contributed by atoms with Crippen molar-refractivity contribution in [2.24, 2.45) is 20.8 Å². The highest BCUT2D eigenvalue weighted by molar-refractivity contribution is 5.89. The molecule has 2 N–H and O–H groups in total. The summed E-state index contributed by atoms with van der Waals surface area (Å²) in [6.45, 7) is 7.49. The highest BCUT2D eigenvalue weighted by Gasteiger charge is 2.20. The van der Waals surface area contributed by atoms with E-state index in [0.29, 0.717) is 12.3 Å². The summed E-state index contributed by atoms with van der Waals surface area (Å²) >= 11 is 0. The van der Waals surface area contributed by atoms with Gasteiger partial charge in [0.15, 0.2) is 0 Å². The molecule has 1 atom stereocenters. The molecule has 0 amide bonds. The van der Waals surface area contributed by atoms with Gasteiger partial charge in [0.1, 0.15) is 18.3 Å². The van der Waals surface area contributed by atoms with Gasteiger partial charge in [0.25, 0.3) is 0 Å². The minimum Gasteiger partial charge on any atom is -0.387 e. The number of hydrogen-bond acceptors (Lipinski definition) is 7. The van der Waals surface area contributed by atoms with E-state index in [4.69, 9.17) is 10.5 Å². The zero-order valence-corrected chi connectivity index (χ0v) is 12.1. The van der Waals surface area contributed by atoms with Gasteiger partial charge < -0.3 is 10.5 Å². The van der Waals surface area contributed by atoms with Crippen LogP contribution >= 0.6 is 0 Å². The number of aliphatic imine (C=N–C) groups is 2. The Morgan fingerprint density at radius 2 is 2.35 bits per heavy atom. The summed E-state index contributed by atoms with van der Waals surface area (Å²) in [5.74, 6) is 0.619. The van der Waals surface area contributed by atoms with Gasteiger partial charge in [-0.2, -0.15) is 5.10 Å². The standard InChI is InChI=1S/C13H24N6O/c1-2-3-17-19(13-10-12(14)15-11-16-13)5-4-18-6-8-20-9-7-18/h3,11,13H,2,4-10H2,1H3,(H2,14,15,16)/b17-3-. The Kier molecular flexibility index (Phi) is 5.94. The number of ether oxygens (including phenoxy) is 1. The Labute approximate surface area is 120 Å². The Morgan fingerprint density at radius 3 is 3.05 bits per heavy atom. The zero-order valence-electron chi connectivity index (χ0n) is 12.1. The monoisotopic (exact) mass is 280 g/mol. The lowest BCUT2D eigenvalue weighted by atomic mass is 10.3. The van der Waals surface area contributed by atoms with Gasteiger partial charge >= 0.3 is 0 Å². The summed E-state index contributed by atoms with van der Waals surface area (Å²) < 4.78 is 5.36. The first-order valence-electron chi connectivity index (χ1n) is 7.22. The summed E-state index contributed by atoms with van der Waals surface area (Å²) in [4.78, 5) is 10.8. The molecule has 112 valence electrons. The fraction of sp³-hybridized carbons (Fsp3) is 0.769. The molecule has 7 nitrogen and oxygen atoms in total. The first kappa shape index (κ1) is 14.9. The van der Waals surface area contributed by atoms with Crippen LogP contribution in [0.25, 0.3) is 0 Å². The predicted octanol–water partition coefficient (Wildman–Crippen LogP) is 0.132. The number of hydrazone groups is 1. The Hall–Kier alpha value is -1.47. The van der Waals surface area contributed by atoms with Crippen LogP contribution in [0, 0.1) is 0 Å². The van der Waals surface area contributed by atoms with Gasteiger partial charge in [-0.1, -0.05) is 6.92 Å². The van der Waals surface area contributed by atoms with E-state index in [1.165, 1.54) is 6.34 Å². The molecule has 0 spiro atoms. The van der Waals surface area contributed by atoms with E-state index in [2.05, 4.69) is 26.9 Å². The average molecular weight is 280 g/mol. The lowest BCUT2D eigenvalue weighted by molar-refractivity contribution is 0.0313. The Bertz CT molecular complexity index is 375. The minimum absolute atomic E-state index is 0.0312. The van der Waals surface area contributed by atoms with E-state index >= 15 is 0 Å². The first-order chi connectivity index (χ1) is 9.79. The van der Waals surface area contributed by atoms with Crippen LogP contribution in [0.3, 0.4) is 0 Å². The van der Waals surface area contributed by atoms with Crippen LogP contribution in [0.1, 0.15) is 19.8 Å². The van der Waals surface area contributed by atoms with Crippen LogP contribution in [0.5, 0.6) is 0 Å². The predicted molar refractivity (Wildman–Crippen MR) is 81.3 cm³/mol. The Morgan fingerprint density at radius 1 is 1.55 bits per heavy atom. The molecule has 1 saturated heterocycles. The minimum atomic E-state index is -0.0312. The average Bonchev–Trinajstić information content (AvgIpc) is 2.48. The molecule has 20 heavy (non-hydrogen) atoms. The second kappa shape index (κ2) is 7.96. The fourth-order valence-electron chi connectivity index (χ4n) is 2.20. The van der Waals surface area contributed by atoms with Crippen molar-refractivity contribution >= 4 is 18.4 Å². The van der Waals surface area contributed by atoms with Crippen molar-refractivity contribution in [3.8, 4) is 0 Å². The van der Waals surface area contributed by atoms with Gasteiger partial charge in [-0.15, -0.1) is 0 Å². The summed E-state index contributed by atoms with van der Waals surface area (Å²) in [7, 11) is 0.